The number of carbonyl (C=O) groups is 1. The normalized spacial score (nSPS) is 11.4. The van der Waals surface area contributed by atoms with Crippen LogP contribution in [-0.4, -0.2) is 62.7 Å². The van der Waals surface area contributed by atoms with Crippen LogP contribution in [0.1, 0.15) is 13.3 Å². The van der Waals surface area contributed by atoms with Crippen LogP contribution in [0, 0.1) is 10.1 Å². The number of carbonyl (C=O) groups excluding carboxylic acids is 1. The fraction of sp³-hybridized carbons (Fsp3) is 0.500. The van der Waals surface area contributed by atoms with Gasteiger partial charge in [0.25, 0.3) is 5.69 Å². The van der Waals surface area contributed by atoms with Crippen molar-refractivity contribution in [2.24, 2.45) is 0 Å². The summed E-state index contributed by atoms with van der Waals surface area (Å²) in [7, 11) is 0.257. The Morgan fingerprint density at radius 1 is 1.33 bits per heavy atom. The summed E-state index contributed by atoms with van der Waals surface area (Å²) in [6, 6.07) is 3.26. The number of ether oxygens (including phenoxy) is 1. The maximum atomic E-state index is 12.8. The molecule has 0 spiro atoms. The van der Waals surface area contributed by atoms with E-state index in [0.29, 0.717) is 6.42 Å². The quantitative estimate of drug-likeness (QED) is 0.507. The van der Waals surface area contributed by atoms with E-state index in [0.717, 1.165) is 22.5 Å². The van der Waals surface area contributed by atoms with Crippen LogP contribution in [0.3, 0.4) is 0 Å². The predicted octanol–water partition coefficient (Wildman–Crippen LogP) is 1.09. The van der Waals surface area contributed by atoms with Crippen LogP contribution < -0.4 is 4.74 Å². The lowest BCUT2D eigenvalue weighted by Crippen LogP contribution is -2.40. The molecular formula is C14H21N3O6S. The van der Waals surface area contributed by atoms with Crippen LogP contribution in [0.2, 0.25) is 0 Å². The van der Waals surface area contributed by atoms with Crippen LogP contribution in [0.25, 0.3) is 0 Å². The summed E-state index contributed by atoms with van der Waals surface area (Å²) in [4.78, 5) is 23.2. The highest BCUT2D eigenvalue weighted by Crippen LogP contribution is 2.30. The molecule has 9 nitrogen and oxygen atoms in total. The van der Waals surface area contributed by atoms with E-state index < -0.39 is 14.9 Å². The van der Waals surface area contributed by atoms with Gasteiger partial charge >= 0.3 is 0 Å². The molecule has 0 bridgehead atoms. The molecule has 1 amide bonds. The number of benzene rings is 1. The van der Waals surface area contributed by atoms with Crippen LogP contribution in [0.5, 0.6) is 5.75 Å². The van der Waals surface area contributed by atoms with E-state index in [2.05, 4.69) is 0 Å². The van der Waals surface area contributed by atoms with Crippen LogP contribution in [0.15, 0.2) is 23.1 Å². The minimum Gasteiger partial charge on any atom is -0.495 e. The van der Waals surface area contributed by atoms with Crippen molar-refractivity contribution in [3.8, 4) is 5.75 Å². The topological polar surface area (TPSA) is 110 Å². The number of amides is 1. The fourth-order valence-corrected chi connectivity index (χ4v) is 3.57. The first-order valence-corrected chi connectivity index (χ1v) is 8.61. The van der Waals surface area contributed by atoms with Gasteiger partial charge in [-0.2, -0.15) is 4.31 Å². The SMILES string of the molecule is CCCN(CC(=O)N(C)C)S(=O)(=O)c1ccc([N+](=O)[O-])cc1OC. The molecule has 1 rings (SSSR count). The van der Waals surface area contributed by atoms with Gasteiger partial charge in [-0.1, -0.05) is 6.92 Å². The molecule has 10 heteroatoms. The Bertz CT molecular complexity index is 717. The number of rotatable bonds is 8. The van der Waals surface area contributed by atoms with Crippen LogP contribution >= 0.6 is 0 Å². The maximum Gasteiger partial charge on any atom is 0.273 e. The second-order valence-corrected chi connectivity index (χ2v) is 7.13. The second kappa shape index (κ2) is 8.06. The number of hydrogen-bond donors (Lipinski definition) is 0. The smallest absolute Gasteiger partial charge is 0.273 e. The summed E-state index contributed by atoms with van der Waals surface area (Å²) in [5.41, 5.74) is -0.280. The lowest BCUT2D eigenvalue weighted by molar-refractivity contribution is -0.385. The Kier molecular flexibility index (Phi) is 6.67. The van der Waals surface area contributed by atoms with E-state index in [4.69, 9.17) is 4.74 Å². The Morgan fingerprint density at radius 3 is 2.42 bits per heavy atom. The molecule has 0 N–H and O–H groups in total. The van der Waals surface area contributed by atoms with E-state index in [9.17, 15) is 23.3 Å². The standard InChI is InChI=1S/C14H21N3O6S/c1-5-8-16(10-14(18)15(2)3)24(21,22)13-7-6-11(17(19)20)9-12(13)23-4/h6-7,9H,5,8,10H2,1-4H3. The number of nitro benzene ring substituents is 1. The summed E-state index contributed by atoms with van der Waals surface area (Å²) in [6.07, 6.45) is 0.509. The van der Waals surface area contributed by atoms with Crippen molar-refractivity contribution in [1.82, 2.24) is 9.21 Å². The third-order valence-corrected chi connectivity index (χ3v) is 5.14. The Balaban J connectivity index is 3.33. The van der Waals surface area contributed by atoms with Gasteiger partial charge in [-0.25, -0.2) is 8.42 Å². The van der Waals surface area contributed by atoms with Gasteiger partial charge in [-0.05, 0) is 12.5 Å². The summed E-state index contributed by atoms with van der Waals surface area (Å²) in [6.45, 7) is 1.61. The first-order valence-electron chi connectivity index (χ1n) is 7.17. The summed E-state index contributed by atoms with van der Waals surface area (Å²) < 4.78 is 31.7. The minimum absolute atomic E-state index is 0.136. The molecule has 24 heavy (non-hydrogen) atoms. The van der Waals surface area contributed by atoms with Crippen LogP contribution in [-0.2, 0) is 14.8 Å². The van der Waals surface area contributed by atoms with E-state index in [-0.39, 0.29) is 35.3 Å². The number of likely N-dealkylation sites (N-methyl/N-ethyl adjacent to an activating group) is 1. The van der Waals surface area contributed by atoms with Crippen LogP contribution in [0.4, 0.5) is 5.69 Å². The van der Waals surface area contributed by atoms with Gasteiger partial charge in [0.1, 0.15) is 10.6 Å². The number of sulfonamides is 1. The first-order chi connectivity index (χ1) is 11.1. The molecule has 0 aliphatic carbocycles. The van der Waals surface area contributed by atoms with E-state index in [1.165, 1.54) is 26.1 Å². The van der Waals surface area contributed by atoms with Gasteiger partial charge in [-0.3, -0.25) is 14.9 Å². The summed E-state index contributed by atoms with van der Waals surface area (Å²) in [5, 5.41) is 10.8. The molecule has 1 aromatic rings. The van der Waals surface area contributed by atoms with Crippen molar-refractivity contribution in [3.63, 3.8) is 0 Å². The lowest BCUT2D eigenvalue weighted by Gasteiger charge is -2.23. The zero-order valence-corrected chi connectivity index (χ0v) is 14.9. The molecule has 0 radical (unpaired) electrons. The third-order valence-electron chi connectivity index (χ3n) is 3.26. The number of nitrogens with zero attached hydrogens (tertiary/aromatic N) is 3. The third kappa shape index (κ3) is 4.42. The lowest BCUT2D eigenvalue weighted by atomic mass is 10.3. The molecule has 0 fully saturated rings. The van der Waals surface area contributed by atoms with Gasteiger partial charge < -0.3 is 9.64 Å². The Labute approximate surface area is 141 Å². The first kappa shape index (κ1) is 19.8. The molecular weight excluding hydrogens is 338 g/mol. The minimum atomic E-state index is -4.04. The fourth-order valence-electron chi connectivity index (χ4n) is 1.95. The molecule has 0 aliphatic heterocycles. The molecule has 0 heterocycles. The molecule has 1 aromatic carbocycles. The highest BCUT2D eigenvalue weighted by Gasteiger charge is 2.30. The van der Waals surface area contributed by atoms with E-state index in [1.54, 1.807) is 6.92 Å². The van der Waals surface area contributed by atoms with Crippen molar-refractivity contribution in [1.29, 1.82) is 0 Å². The zero-order valence-electron chi connectivity index (χ0n) is 14.1. The van der Waals surface area contributed by atoms with Gasteiger partial charge in [0.2, 0.25) is 15.9 Å². The average molecular weight is 359 g/mol. The number of methoxy groups -OCH3 is 1. The molecule has 0 aliphatic rings. The zero-order chi connectivity index (χ0) is 18.5. The Hall–Kier alpha value is -2.20. The summed E-state index contributed by atoms with van der Waals surface area (Å²) >= 11 is 0. The Morgan fingerprint density at radius 2 is 1.96 bits per heavy atom. The van der Waals surface area contributed by atoms with Crippen molar-refractivity contribution < 1.29 is 22.9 Å². The molecule has 0 saturated heterocycles. The largest absolute Gasteiger partial charge is 0.495 e. The van der Waals surface area contributed by atoms with Crippen molar-refractivity contribution in [2.75, 3.05) is 34.3 Å². The molecule has 0 unspecified atom stereocenters. The molecule has 134 valence electrons. The van der Waals surface area contributed by atoms with Crippen molar-refractivity contribution >= 4 is 21.6 Å². The van der Waals surface area contributed by atoms with E-state index >= 15 is 0 Å². The van der Waals surface area contributed by atoms with Gasteiger partial charge in [0.05, 0.1) is 24.6 Å². The maximum absolute atomic E-state index is 12.8. The van der Waals surface area contributed by atoms with Gasteiger partial charge in [-0.15, -0.1) is 0 Å². The highest BCUT2D eigenvalue weighted by atomic mass is 32.2. The van der Waals surface area contributed by atoms with Crippen molar-refractivity contribution in [2.45, 2.75) is 18.2 Å². The summed E-state index contributed by atoms with van der Waals surface area (Å²) in [5.74, 6) is -0.504. The second-order valence-electron chi connectivity index (χ2n) is 5.22. The van der Waals surface area contributed by atoms with Gasteiger partial charge in [0, 0.05) is 26.7 Å². The number of nitro groups is 1. The monoisotopic (exact) mass is 359 g/mol. The van der Waals surface area contributed by atoms with E-state index in [1.807, 2.05) is 0 Å². The highest BCUT2D eigenvalue weighted by molar-refractivity contribution is 7.89. The number of non-ortho nitro benzene ring substituents is 1. The molecule has 0 atom stereocenters. The average Bonchev–Trinajstić information content (AvgIpc) is 2.53. The van der Waals surface area contributed by atoms with Crippen molar-refractivity contribution in [3.05, 3.63) is 28.3 Å². The number of hydrogen-bond acceptors (Lipinski definition) is 6. The molecule has 0 saturated carbocycles. The molecule has 0 aromatic heterocycles. The predicted molar refractivity (Wildman–Crippen MR) is 87.4 cm³/mol. The van der Waals surface area contributed by atoms with Gasteiger partial charge in [0.15, 0.2) is 0 Å².